The Hall–Kier alpha value is -1.78. The Kier molecular flexibility index (Phi) is 3.51. The van der Waals surface area contributed by atoms with Gasteiger partial charge in [-0.2, -0.15) is 0 Å². The molecule has 2 heterocycles. The number of rotatable bonds is 3. The van der Waals surface area contributed by atoms with Crippen LogP contribution in [0.2, 0.25) is 5.02 Å². The van der Waals surface area contributed by atoms with E-state index in [4.69, 9.17) is 11.6 Å². The van der Waals surface area contributed by atoms with Crippen molar-refractivity contribution in [1.82, 2.24) is 10.3 Å². The number of hydrogen-bond donors (Lipinski definition) is 2. The van der Waals surface area contributed by atoms with Crippen LogP contribution in [0.5, 0.6) is 0 Å². The van der Waals surface area contributed by atoms with E-state index in [0.29, 0.717) is 16.4 Å². The van der Waals surface area contributed by atoms with Gasteiger partial charge in [0.2, 0.25) is 0 Å². The molecule has 0 atom stereocenters. The zero-order chi connectivity index (χ0) is 14.1. The van der Waals surface area contributed by atoms with E-state index in [0.717, 1.165) is 22.2 Å². The molecule has 102 valence electrons. The molecule has 0 radical (unpaired) electrons. The number of carbonyl (C=O) groups excluding carboxylic acids is 1. The zero-order valence-electron chi connectivity index (χ0n) is 10.9. The van der Waals surface area contributed by atoms with E-state index in [9.17, 15) is 4.79 Å². The highest BCUT2D eigenvalue weighted by Crippen LogP contribution is 2.22. The first-order valence-electron chi connectivity index (χ1n) is 6.23. The largest absolute Gasteiger partial charge is 0.359 e. The summed E-state index contributed by atoms with van der Waals surface area (Å²) >= 11 is 7.29. The van der Waals surface area contributed by atoms with Crippen LogP contribution in [0.1, 0.15) is 20.9 Å². The summed E-state index contributed by atoms with van der Waals surface area (Å²) in [5, 5.41) is 6.36. The van der Waals surface area contributed by atoms with Crippen molar-refractivity contribution in [2.24, 2.45) is 0 Å². The SMILES string of the molecule is Cc1cc2cc(CNC(=O)c3sccc3Cl)ccc2[nH]1. The minimum atomic E-state index is -0.129. The Morgan fingerprint density at radius 3 is 2.95 bits per heavy atom. The lowest BCUT2D eigenvalue weighted by Crippen LogP contribution is -2.22. The molecule has 0 spiro atoms. The van der Waals surface area contributed by atoms with Crippen molar-refractivity contribution in [2.75, 3.05) is 0 Å². The number of aromatic amines is 1. The van der Waals surface area contributed by atoms with Crippen molar-refractivity contribution in [3.05, 3.63) is 56.9 Å². The van der Waals surface area contributed by atoms with Gasteiger partial charge in [0.05, 0.1) is 5.02 Å². The molecule has 2 N–H and O–H groups in total. The van der Waals surface area contributed by atoms with Crippen LogP contribution < -0.4 is 5.32 Å². The van der Waals surface area contributed by atoms with Crippen molar-refractivity contribution in [1.29, 1.82) is 0 Å². The molecule has 1 amide bonds. The van der Waals surface area contributed by atoms with Crippen molar-refractivity contribution >= 4 is 39.7 Å². The van der Waals surface area contributed by atoms with Crippen molar-refractivity contribution in [3.8, 4) is 0 Å². The Bertz CT molecular complexity index is 775. The fourth-order valence-electron chi connectivity index (χ4n) is 2.16. The minimum Gasteiger partial charge on any atom is -0.359 e. The van der Waals surface area contributed by atoms with Gasteiger partial charge in [0.15, 0.2) is 0 Å². The van der Waals surface area contributed by atoms with Crippen LogP contribution in [-0.4, -0.2) is 10.9 Å². The summed E-state index contributed by atoms with van der Waals surface area (Å²) in [5.41, 5.74) is 3.31. The number of aromatic nitrogens is 1. The fraction of sp³-hybridized carbons (Fsp3) is 0.133. The first-order valence-corrected chi connectivity index (χ1v) is 7.49. The van der Waals surface area contributed by atoms with Gasteiger partial charge in [-0.15, -0.1) is 11.3 Å². The molecule has 3 rings (SSSR count). The Morgan fingerprint density at radius 2 is 2.20 bits per heavy atom. The molecule has 1 aromatic carbocycles. The highest BCUT2D eigenvalue weighted by atomic mass is 35.5. The molecule has 3 aromatic rings. The molecule has 0 unspecified atom stereocenters. The van der Waals surface area contributed by atoms with E-state index in [1.807, 2.05) is 24.4 Å². The van der Waals surface area contributed by atoms with Crippen LogP contribution in [0.4, 0.5) is 0 Å². The van der Waals surface area contributed by atoms with Gasteiger partial charge in [0, 0.05) is 17.8 Å². The molecule has 2 aromatic heterocycles. The summed E-state index contributed by atoms with van der Waals surface area (Å²) in [5.74, 6) is -0.129. The molecule has 0 aliphatic carbocycles. The van der Waals surface area contributed by atoms with Crippen molar-refractivity contribution in [3.63, 3.8) is 0 Å². The molecule has 0 aliphatic heterocycles. The lowest BCUT2D eigenvalue weighted by atomic mass is 10.1. The summed E-state index contributed by atoms with van der Waals surface area (Å²) in [6, 6.07) is 9.94. The first kappa shape index (κ1) is 13.2. The van der Waals surface area contributed by atoms with E-state index < -0.39 is 0 Å². The second-order valence-electron chi connectivity index (χ2n) is 4.65. The third-order valence-electron chi connectivity index (χ3n) is 3.10. The average Bonchev–Trinajstić information content (AvgIpc) is 3.00. The van der Waals surface area contributed by atoms with Gasteiger partial charge in [-0.1, -0.05) is 17.7 Å². The number of benzene rings is 1. The molecular formula is C15H13ClN2OS. The summed E-state index contributed by atoms with van der Waals surface area (Å²) < 4.78 is 0. The van der Waals surface area contributed by atoms with Crippen LogP contribution in [-0.2, 0) is 6.54 Å². The van der Waals surface area contributed by atoms with E-state index in [1.165, 1.54) is 11.3 Å². The number of amides is 1. The maximum absolute atomic E-state index is 12.0. The fourth-order valence-corrected chi connectivity index (χ4v) is 3.21. The number of nitrogens with one attached hydrogen (secondary N) is 2. The standard InChI is InChI=1S/C15H13ClN2OS/c1-9-6-11-7-10(2-3-13(11)18-9)8-17-15(19)14-12(16)4-5-20-14/h2-7,18H,8H2,1H3,(H,17,19). The van der Waals surface area contributed by atoms with Gasteiger partial charge in [0.1, 0.15) is 4.88 Å². The van der Waals surface area contributed by atoms with Gasteiger partial charge in [-0.05, 0) is 47.5 Å². The Labute approximate surface area is 125 Å². The molecule has 0 aliphatic rings. The predicted octanol–water partition coefficient (Wildman–Crippen LogP) is 4.12. The average molecular weight is 305 g/mol. The van der Waals surface area contributed by atoms with Gasteiger partial charge < -0.3 is 10.3 Å². The maximum Gasteiger partial charge on any atom is 0.263 e. The molecule has 0 saturated heterocycles. The number of fused-ring (bicyclic) bond motifs is 1. The highest BCUT2D eigenvalue weighted by molar-refractivity contribution is 7.12. The van der Waals surface area contributed by atoms with E-state index in [1.54, 1.807) is 6.07 Å². The summed E-state index contributed by atoms with van der Waals surface area (Å²) in [4.78, 5) is 15.8. The first-order chi connectivity index (χ1) is 9.63. The van der Waals surface area contributed by atoms with Crippen molar-refractivity contribution in [2.45, 2.75) is 13.5 Å². The highest BCUT2D eigenvalue weighted by Gasteiger charge is 2.11. The smallest absolute Gasteiger partial charge is 0.263 e. The van der Waals surface area contributed by atoms with Crippen LogP contribution in [0.25, 0.3) is 10.9 Å². The molecule has 20 heavy (non-hydrogen) atoms. The van der Waals surface area contributed by atoms with Gasteiger partial charge in [0.25, 0.3) is 5.91 Å². The van der Waals surface area contributed by atoms with Crippen molar-refractivity contribution < 1.29 is 4.79 Å². The summed E-state index contributed by atoms with van der Waals surface area (Å²) in [7, 11) is 0. The normalized spacial score (nSPS) is 10.9. The van der Waals surface area contributed by atoms with Crippen LogP contribution >= 0.6 is 22.9 Å². The third kappa shape index (κ3) is 2.57. The Balaban J connectivity index is 1.73. The molecule has 0 fully saturated rings. The number of halogens is 1. The second-order valence-corrected chi connectivity index (χ2v) is 5.98. The molecule has 3 nitrogen and oxygen atoms in total. The molecule has 0 bridgehead atoms. The van der Waals surface area contributed by atoms with E-state index in [2.05, 4.69) is 22.4 Å². The number of hydrogen-bond acceptors (Lipinski definition) is 2. The van der Waals surface area contributed by atoms with Crippen LogP contribution in [0, 0.1) is 6.92 Å². The van der Waals surface area contributed by atoms with E-state index >= 15 is 0 Å². The lowest BCUT2D eigenvalue weighted by molar-refractivity contribution is 0.0955. The zero-order valence-corrected chi connectivity index (χ0v) is 12.4. The maximum atomic E-state index is 12.0. The minimum absolute atomic E-state index is 0.129. The summed E-state index contributed by atoms with van der Waals surface area (Å²) in [6.45, 7) is 2.52. The number of thiophene rings is 1. The predicted molar refractivity (Wildman–Crippen MR) is 83.5 cm³/mol. The lowest BCUT2D eigenvalue weighted by Gasteiger charge is -2.04. The summed E-state index contributed by atoms with van der Waals surface area (Å²) in [6.07, 6.45) is 0. The van der Waals surface area contributed by atoms with Crippen LogP contribution in [0.15, 0.2) is 35.7 Å². The monoisotopic (exact) mass is 304 g/mol. The quantitative estimate of drug-likeness (QED) is 0.751. The van der Waals surface area contributed by atoms with E-state index in [-0.39, 0.29) is 5.91 Å². The number of carbonyl (C=O) groups is 1. The number of H-pyrrole nitrogens is 1. The van der Waals surface area contributed by atoms with Crippen LogP contribution in [0.3, 0.4) is 0 Å². The Morgan fingerprint density at radius 1 is 1.35 bits per heavy atom. The third-order valence-corrected chi connectivity index (χ3v) is 4.44. The molecule has 0 saturated carbocycles. The molecule has 5 heteroatoms. The topological polar surface area (TPSA) is 44.9 Å². The molecular weight excluding hydrogens is 292 g/mol. The second kappa shape index (κ2) is 5.31. The van der Waals surface area contributed by atoms with Gasteiger partial charge >= 0.3 is 0 Å². The van der Waals surface area contributed by atoms with Gasteiger partial charge in [-0.3, -0.25) is 4.79 Å². The number of aryl methyl sites for hydroxylation is 1. The van der Waals surface area contributed by atoms with Gasteiger partial charge in [-0.25, -0.2) is 0 Å².